The first-order valence-electron chi connectivity index (χ1n) is 10.6. The minimum absolute atomic E-state index is 0.0580. The Labute approximate surface area is 180 Å². The Kier molecular flexibility index (Phi) is 4.94. The van der Waals surface area contributed by atoms with Gasteiger partial charge in [0.1, 0.15) is 12.6 Å². The van der Waals surface area contributed by atoms with Crippen LogP contribution in [0.25, 0.3) is 11.1 Å². The Morgan fingerprint density at radius 1 is 0.839 bits per heavy atom. The molecule has 1 amide bonds. The molecule has 3 aromatic carbocycles. The van der Waals surface area contributed by atoms with Gasteiger partial charge in [0.15, 0.2) is 0 Å². The van der Waals surface area contributed by atoms with Crippen molar-refractivity contribution >= 4 is 12.1 Å². The fourth-order valence-electron chi connectivity index (χ4n) is 4.98. The van der Waals surface area contributed by atoms with Gasteiger partial charge in [-0.25, -0.2) is 9.59 Å². The number of ether oxygens (including phenoxy) is 1. The summed E-state index contributed by atoms with van der Waals surface area (Å²) in [6.45, 7) is 0.178. The fourth-order valence-corrected chi connectivity index (χ4v) is 4.98. The molecule has 2 atom stereocenters. The monoisotopic (exact) mass is 413 g/mol. The molecule has 0 radical (unpaired) electrons. The van der Waals surface area contributed by atoms with Gasteiger partial charge in [0.25, 0.3) is 0 Å². The number of carboxylic acid groups (broad SMARTS) is 1. The Hall–Kier alpha value is -3.60. The molecule has 1 heterocycles. The van der Waals surface area contributed by atoms with Crippen molar-refractivity contribution in [1.82, 2.24) is 4.90 Å². The van der Waals surface area contributed by atoms with Gasteiger partial charge in [-0.3, -0.25) is 4.90 Å². The maximum absolute atomic E-state index is 13.2. The third-order valence-electron chi connectivity index (χ3n) is 6.40. The predicted molar refractivity (Wildman–Crippen MR) is 117 cm³/mol. The van der Waals surface area contributed by atoms with Crippen molar-refractivity contribution < 1.29 is 19.4 Å². The molecule has 156 valence electrons. The van der Waals surface area contributed by atoms with Crippen LogP contribution in [0.5, 0.6) is 0 Å². The second kappa shape index (κ2) is 7.91. The molecule has 31 heavy (non-hydrogen) atoms. The average molecular weight is 413 g/mol. The number of rotatable bonds is 4. The van der Waals surface area contributed by atoms with E-state index in [1.807, 2.05) is 54.6 Å². The van der Waals surface area contributed by atoms with E-state index in [2.05, 4.69) is 24.3 Å². The van der Waals surface area contributed by atoms with Crippen molar-refractivity contribution in [2.75, 3.05) is 6.61 Å². The lowest BCUT2D eigenvalue weighted by Crippen LogP contribution is -2.42. The van der Waals surface area contributed by atoms with E-state index in [0.29, 0.717) is 12.8 Å². The average Bonchev–Trinajstić information content (AvgIpc) is 3.38. The molecule has 5 nitrogen and oxygen atoms in total. The molecule has 1 N–H and O–H groups in total. The molecule has 1 saturated heterocycles. The first-order chi connectivity index (χ1) is 15.1. The third kappa shape index (κ3) is 3.36. The van der Waals surface area contributed by atoms with Crippen molar-refractivity contribution in [3.05, 3.63) is 95.6 Å². The van der Waals surface area contributed by atoms with E-state index >= 15 is 0 Å². The summed E-state index contributed by atoms with van der Waals surface area (Å²) in [6.07, 6.45) is 0.449. The van der Waals surface area contributed by atoms with Crippen molar-refractivity contribution in [1.29, 1.82) is 0 Å². The molecule has 0 saturated carbocycles. The third-order valence-corrected chi connectivity index (χ3v) is 6.40. The van der Waals surface area contributed by atoms with E-state index in [1.165, 1.54) is 4.90 Å². The standard InChI is InChI=1S/C26H23NO4/c28-25(29)24-15-14-23(17-8-2-1-3-9-17)27(24)26(30)31-16-22-20-12-6-4-10-18(20)19-11-5-7-13-21(19)22/h1-13,22-24H,14-16H2,(H,28,29)/t23?,24-/m0/s1. The normalized spacial score (nSPS) is 19.7. The molecule has 5 heteroatoms. The number of benzene rings is 3. The minimum atomic E-state index is -0.994. The van der Waals surface area contributed by atoms with Crippen LogP contribution in [0, 0.1) is 0 Å². The highest BCUT2D eigenvalue weighted by Crippen LogP contribution is 2.45. The topological polar surface area (TPSA) is 66.8 Å². The van der Waals surface area contributed by atoms with E-state index in [4.69, 9.17) is 4.74 Å². The van der Waals surface area contributed by atoms with Crippen LogP contribution in [0.3, 0.4) is 0 Å². The largest absolute Gasteiger partial charge is 0.480 e. The smallest absolute Gasteiger partial charge is 0.411 e. The first kappa shape index (κ1) is 19.4. The van der Waals surface area contributed by atoms with Crippen LogP contribution < -0.4 is 0 Å². The van der Waals surface area contributed by atoms with Crippen molar-refractivity contribution in [3.63, 3.8) is 0 Å². The number of carbonyl (C=O) groups excluding carboxylic acids is 1. The van der Waals surface area contributed by atoms with Crippen LogP contribution >= 0.6 is 0 Å². The quantitative estimate of drug-likeness (QED) is 0.636. The highest BCUT2D eigenvalue weighted by molar-refractivity contribution is 5.82. The van der Waals surface area contributed by atoms with Crippen LogP contribution in [-0.4, -0.2) is 34.7 Å². The summed E-state index contributed by atoms with van der Waals surface area (Å²) >= 11 is 0. The number of aliphatic carboxylic acids is 1. The van der Waals surface area contributed by atoms with E-state index in [-0.39, 0.29) is 18.6 Å². The molecule has 1 aliphatic carbocycles. The lowest BCUT2D eigenvalue weighted by Gasteiger charge is -2.28. The molecule has 2 aliphatic rings. The highest BCUT2D eigenvalue weighted by atomic mass is 16.6. The summed E-state index contributed by atoms with van der Waals surface area (Å²) in [4.78, 5) is 26.4. The van der Waals surface area contributed by atoms with Crippen LogP contribution in [0.1, 0.15) is 41.5 Å². The Bertz CT molecular complexity index is 1080. The van der Waals surface area contributed by atoms with Crippen molar-refractivity contribution in [2.24, 2.45) is 0 Å². The molecule has 5 rings (SSSR count). The second-order valence-corrected chi connectivity index (χ2v) is 8.07. The summed E-state index contributed by atoms with van der Waals surface area (Å²) in [5, 5.41) is 9.69. The summed E-state index contributed by atoms with van der Waals surface area (Å²) in [5.74, 6) is -1.05. The van der Waals surface area contributed by atoms with Gasteiger partial charge in [0, 0.05) is 5.92 Å². The highest BCUT2D eigenvalue weighted by Gasteiger charge is 2.43. The minimum Gasteiger partial charge on any atom is -0.480 e. The van der Waals surface area contributed by atoms with Crippen molar-refractivity contribution in [2.45, 2.75) is 30.8 Å². The van der Waals surface area contributed by atoms with Crippen LogP contribution in [0.2, 0.25) is 0 Å². The number of carboxylic acids is 1. The molecule has 0 bridgehead atoms. The molecule has 3 aromatic rings. The lowest BCUT2D eigenvalue weighted by molar-refractivity contribution is -0.142. The predicted octanol–water partition coefficient (Wildman–Crippen LogP) is 5.23. The van der Waals surface area contributed by atoms with Gasteiger partial charge in [-0.15, -0.1) is 0 Å². The molecule has 1 fully saturated rings. The van der Waals surface area contributed by atoms with Crippen molar-refractivity contribution in [3.8, 4) is 11.1 Å². The zero-order chi connectivity index (χ0) is 21.4. The second-order valence-electron chi connectivity index (χ2n) is 8.07. The zero-order valence-corrected chi connectivity index (χ0v) is 17.0. The van der Waals surface area contributed by atoms with E-state index < -0.39 is 18.1 Å². The Balaban J connectivity index is 1.40. The molecule has 0 spiro atoms. The van der Waals surface area contributed by atoms with Gasteiger partial charge < -0.3 is 9.84 Å². The maximum Gasteiger partial charge on any atom is 0.411 e. The van der Waals surface area contributed by atoms with Gasteiger partial charge in [-0.2, -0.15) is 0 Å². The van der Waals surface area contributed by atoms with Gasteiger partial charge in [-0.05, 0) is 40.7 Å². The fraction of sp³-hybridized carbons (Fsp3) is 0.231. The van der Waals surface area contributed by atoms with E-state index in [0.717, 1.165) is 27.8 Å². The molecule has 0 aromatic heterocycles. The Morgan fingerprint density at radius 2 is 1.42 bits per heavy atom. The van der Waals surface area contributed by atoms with Crippen LogP contribution in [0.15, 0.2) is 78.9 Å². The van der Waals surface area contributed by atoms with Gasteiger partial charge >= 0.3 is 12.1 Å². The number of nitrogens with zero attached hydrogens (tertiary/aromatic N) is 1. The number of fused-ring (bicyclic) bond motifs is 3. The molecular formula is C26H23NO4. The zero-order valence-electron chi connectivity index (χ0n) is 17.0. The summed E-state index contributed by atoms with van der Waals surface area (Å²) < 4.78 is 5.78. The molecule has 1 aliphatic heterocycles. The van der Waals surface area contributed by atoms with E-state index in [9.17, 15) is 14.7 Å². The van der Waals surface area contributed by atoms with Gasteiger partial charge in [0.2, 0.25) is 0 Å². The lowest BCUT2D eigenvalue weighted by atomic mass is 9.98. The van der Waals surface area contributed by atoms with Crippen LogP contribution in [0.4, 0.5) is 4.79 Å². The first-order valence-corrected chi connectivity index (χ1v) is 10.6. The number of hydrogen-bond donors (Lipinski definition) is 1. The molecule has 1 unspecified atom stereocenters. The van der Waals surface area contributed by atoms with E-state index in [1.54, 1.807) is 0 Å². The van der Waals surface area contributed by atoms with Gasteiger partial charge in [0.05, 0.1) is 6.04 Å². The summed E-state index contributed by atoms with van der Waals surface area (Å²) in [5.41, 5.74) is 5.51. The summed E-state index contributed by atoms with van der Waals surface area (Å²) in [6, 6.07) is 24.7. The Morgan fingerprint density at radius 3 is 2.03 bits per heavy atom. The van der Waals surface area contributed by atoms with Crippen LogP contribution in [-0.2, 0) is 9.53 Å². The molecular weight excluding hydrogens is 390 g/mol. The SMILES string of the molecule is O=C(O)[C@@H]1CCC(c2ccccc2)N1C(=O)OCC1c2ccccc2-c2ccccc21. The number of amides is 1. The number of likely N-dealkylation sites (tertiary alicyclic amines) is 1. The maximum atomic E-state index is 13.2. The number of carbonyl (C=O) groups is 2. The van der Waals surface area contributed by atoms with Gasteiger partial charge in [-0.1, -0.05) is 78.9 Å². The number of hydrogen-bond acceptors (Lipinski definition) is 3. The summed E-state index contributed by atoms with van der Waals surface area (Å²) in [7, 11) is 0.